The van der Waals surface area contributed by atoms with Crippen LogP contribution in [-0.4, -0.2) is 24.5 Å². The third-order valence-corrected chi connectivity index (χ3v) is 3.76. The highest BCUT2D eigenvalue weighted by Crippen LogP contribution is 2.16. The normalized spacial score (nSPS) is 11.0. The Morgan fingerprint density at radius 2 is 1.89 bits per heavy atom. The van der Waals surface area contributed by atoms with Gasteiger partial charge in [-0.25, -0.2) is 4.99 Å². The summed E-state index contributed by atoms with van der Waals surface area (Å²) in [6.07, 6.45) is 0. The zero-order valence-electron chi connectivity index (χ0n) is 15.6. The van der Waals surface area contributed by atoms with E-state index < -0.39 is 4.92 Å². The fourth-order valence-corrected chi connectivity index (χ4v) is 2.33. The van der Waals surface area contributed by atoms with Crippen molar-refractivity contribution in [1.82, 2.24) is 10.6 Å². The van der Waals surface area contributed by atoms with Crippen molar-refractivity contribution in [2.75, 3.05) is 13.7 Å². The summed E-state index contributed by atoms with van der Waals surface area (Å²) in [4.78, 5) is 14.9. The van der Waals surface area contributed by atoms with Gasteiger partial charge in [-0.2, -0.15) is 0 Å². The zero-order chi connectivity index (χ0) is 19.6. The van der Waals surface area contributed by atoms with Gasteiger partial charge >= 0.3 is 0 Å². The second-order valence-electron chi connectivity index (χ2n) is 6.06. The highest BCUT2D eigenvalue weighted by atomic mass is 16.6. The molecule has 2 aromatic carbocycles. The van der Waals surface area contributed by atoms with Crippen molar-refractivity contribution in [2.45, 2.75) is 20.0 Å². The van der Waals surface area contributed by atoms with E-state index in [0.717, 1.165) is 22.4 Å². The minimum atomic E-state index is -0.415. The molecule has 7 heteroatoms. The van der Waals surface area contributed by atoms with Crippen LogP contribution < -0.4 is 15.4 Å². The number of aliphatic imine (C=N–C) groups is 1. The number of nitrogens with one attached hydrogen (secondary N) is 2. The van der Waals surface area contributed by atoms with Crippen molar-refractivity contribution >= 4 is 11.6 Å². The molecule has 0 saturated heterocycles. The Labute approximate surface area is 158 Å². The van der Waals surface area contributed by atoms with Gasteiger partial charge in [-0.3, -0.25) is 10.1 Å². The molecule has 0 unspecified atom stereocenters. The summed E-state index contributed by atoms with van der Waals surface area (Å²) in [5, 5.41) is 17.2. The quantitative estimate of drug-likeness (QED) is 0.245. The molecule has 0 saturated carbocycles. The summed E-state index contributed by atoms with van der Waals surface area (Å²) >= 11 is 0. The van der Waals surface area contributed by atoms with Crippen LogP contribution in [-0.2, 0) is 13.1 Å². The fourth-order valence-electron chi connectivity index (χ4n) is 2.33. The molecule has 0 bridgehead atoms. The molecule has 0 atom stereocenters. The SMILES string of the molecule is C=C(C)CNC(=NCc1ccc([N+](=O)[O-])cc1)NCc1ccccc1OC. The molecule has 0 amide bonds. The predicted molar refractivity (Wildman–Crippen MR) is 107 cm³/mol. The fraction of sp³-hybridized carbons (Fsp3) is 0.250. The summed E-state index contributed by atoms with van der Waals surface area (Å²) in [7, 11) is 1.64. The summed E-state index contributed by atoms with van der Waals surface area (Å²) in [6.45, 7) is 7.36. The van der Waals surface area contributed by atoms with E-state index in [4.69, 9.17) is 4.74 Å². The van der Waals surface area contributed by atoms with Gasteiger partial charge in [0.15, 0.2) is 5.96 Å². The maximum atomic E-state index is 10.7. The first kappa shape index (κ1) is 20.0. The average Bonchev–Trinajstić information content (AvgIpc) is 2.67. The maximum absolute atomic E-state index is 10.7. The molecule has 0 aliphatic heterocycles. The lowest BCUT2D eigenvalue weighted by atomic mass is 10.2. The minimum absolute atomic E-state index is 0.0673. The van der Waals surface area contributed by atoms with Gasteiger partial charge in [0.25, 0.3) is 5.69 Å². The molecule has 0 radical (unpaired) electrons. The summed E-state index contributed by atoms with van der Waals surface area (Å²) in [6, 6.07) is 14.1. The summed E-state index contributed by atoms with van der Waals surface area (Å²) < 4.78 is 5.37. The third kappa shape index (κ3) is 6.47. The second-order valence-corrected chi connectivity index (χ2v) is 6.06. The average molecular weight is 368 g/mol. The number of hydrogen-bond donors (Lipinski definition) is 2. The van der Waals surface area contributed by atoms with Gasteiger partial charge in [0.2, 0.25) is 0 Å². The van der Waals surface area contributed by atoms with E-state index in [1.165, 1.54) is 12.1 Å². The van der Waals surface area contributed by atoms with Crippen molar-refractivity contribution in [1.29, 1.82) is 0 Å². The van der Waals surface area contributed by atoms with Crippen LogP contribution >= 0.6 is 0 Å². The van der Waals surface area contributed by atoms with Gasteiger partial charge in [0, 0.05) is 30.8 Å². The highest BCUT2D eigenvalue weighted by molar-refractivity contribution is 5.80. The Hall–Kier alpha value is -3.35. The van der Waals surface area contributed by atoms with Crippen LogP contribution in [0.25, 0.3) is 0 Å². The molecule has 0 aliphatic carbocycles. The van der Waals surface area contributed by atoms with Crippen molar-refractivity contribution in [3.63, 3.8) is 0 Å². The predicted octanol–water partition coefficient (Wildman–Crippen LogP) is 3.41. The van der Waals surface area contributed by atoms with Crippen LogP contribution in [0.1, 0.15) is 18.1 Å². The molecule has 0 aromatic heterocycles. The van der Waals surface area contributed by atoms with Crippen molar-refractivity contribution in [2.24, 2.45) is 4.99 Å². The van der Waals surface area contributed by atoms with Crippen molar-refractivity contribution < 1.29 is 9.66 Å². The van der Waals surface area contributed by atoms with Crippen molar-refractivity contribution in [3.05, 3.63) is 81.9 Å². The number of para-hydroxylation sites is 1. The molecule has 2 N–H and O–H groups in total. The molecular formula is C20H24N4O3. The number of hydrogen-bond acceptors (Lipinski definition) is 4. The Bertz CT molecular complexity index is 816. The van der Waals surface area contributed by atoms with Crippen LogP contribution in [0.4, 0.5) is 5.69 Å². The monoisotopic (exact) mass is 368 g/mol. The molecule has 2 rings (SSSR count). The van der Waals surface area contributed by atoms with E-state index in [-0.39, 0.29) is 5.69 Å². The second kappa shape index (κ2) is 9.96. The first-order valence-corrected chi connectivity index (χ1v) is 8.51. The number of nitro groups is 1. The molecule has 2 aromatic rings. The van der Waals surface area contributed by atoms with E-state index in [2.05, 4.69) is 22.2 Å². The standard InChI is InChI=1S/C20H24N4O3/c1-15(2)12-21-20(23-14-17-6-4-5-7-19(17)27-3)22-13-16-8-10-18(11-9-16)24(25)26/h4-11H,1,12-14H2,2-3H3,(H2,21,22,23). The molecule has 0 heterocycles. The Kier molecular flexibility index (Phi) is 7.37. The Balaban J connectivity index is 2.06. The van der Waals surface area contributed by atoms with Gasteiger partial charge in [-0.1, -0.05) is 42.5 Å². The maximum Gasteiger partial charge on any atom is 0.269 e. The van der Waals surface area contributed by atoms with Gasteiger partial charge in [-0.15, -0.1) is 0 Å². The number of benzene rings is 2. The number of nitrogens with zero attached hydrogens (tertiary/aromatic N) is 2. The molecule has 7 nitrogen and oxygen atoms in total. The van der Waals surface area contributed by atoms with E-state index in [9.17, 15) is 10.1 Å². The van der Waals surface area contributed by atoms with E-state index in [1.807, 2.05) is 31.2 Å². The third-order valence-electron chi connectivity index (χ3n) is 3.76. The van der Waals surface area contributed by atoms with Crippen LogP contribution in [0.5, 0.6) is 5.75 Å². The topological polar surface area (TPSA) is 88.8 Å². The lowest BCUT2D eigenvalue weighted by molar-refractivity contribution is -0.384. The summed E-state index contributed by atoms with van der Waals surface area (Å²) in [5.74, 6) is 1.43. The number of rotatable bonds is 8. The number of ether oxygens (including phenoxy) is 1. The molecule has 0 aliphatic rings. The first-order valence-electron chi connectivity index (χ1n) is 8.51. The van der Waals surface area contributed by atoms with Crippen LogP contribution in [0.15, 0.2) is 65.7 Å². The van der Waals surface area contributed by atoms with E-state index in [0.29, 0.717) is 25.6 Å². The van der Waals surface area contributed by atoms with Crippen LogP contribution in [0.2, 0.25) is 0 Å². The van der Waals surface area contributed by atoms with Crippen LogP contribution in [0, 0.1) is 10.1 Å². The Morgan fingerprint density at radius 3 is 2.52 bits per heavy atom. The smallest absolute Gasteiger partial charge is 0.269 e. The van der Waals surface area contributed by atoms with E-state index >= 15 is 0 Å². The van der Waals surface area contributed by atoms with Crippen LogP contribution in [0.3, 0.4) is 0 Å². The minimum Gasteiger partial charge on any atom is -0.496 e. The summed E-state index contributed by atoms with van der Waals surface area (Å²) in [5.41, 5.74) is 2.95. The highest BCUT2D eigenvalue weighted by Gasteiger charge is 2.06. The van der Waals surface area contributed by atoms with Crippen molar-refractivity contribution in [3.8, 4) is 5.75 Å². The molecule has 0 spiro atoms. The number of methoxy groups -OCH3 is 1. The van der Waals surface area contributed by atoms with E-state index in [1.54, 1.807) is 19.2 Å². The lowest BCUT2D eigenvalue weighted by Gasteiger charge is -2.14. The van der Waals surface area contributed by atoms with Gasteiger partial charge in [-0.05, 0) is 18.6 Å². The lowest BCUT2D eigenvalue weighted by Crippen LogP contribution is -2.37. The molecular weight excluding hydrogens is 344 g/mol. The zero-order valence-corrected chi connectivity index (χ0v) is 15.6. The van der Waals surface area contributed by atoms with Gasteiger partial charge < -0.3 is 15.4 Å². The molecule has 142 valence electrons. The largest absolute Gasteiger partial charge is 0.496 e. The number of nitro benzene ring substituents is 1. The van der Waals surface area contributed by atoms with Gasteiger partial charge in [0.1, 0.15) is 5.75 Å². The number of guanidine groups is 1. The van der Waals surface area contributed by atoms with Gasteiger partial charge in [0.05, 0.1) is 18.6 Å². The Morgan fingerprint density at radius 1 is 1.19 bits per heavy atom. The first-order chi connectivity index (χ1) is 13.0. The number of non-ortho nitro benzene ring substituents is 1. The molecule has 0 fully saturated rings. The molecule has 27 heavy (non-hydrogen) atoms.